The molecule has 0 aromatic heterocycles. The van der Waals surface area contributed by atoms with Crippen molar-refractivity contribution >= 4 is 21.6 Å². The van der Waals surface area contributed by atoms with Crippen LogP contribution in [0.2, 0.25) is 5.02 Å². The Labute approximate surface area is 116 Å². The van der Waals surface area contributed by atoms with Crippen molar-refractivity contribution in [3.8, 4) is 0 Å². The lowest BCUT2D eigenvalue weighted by Gasteiger charge is -2.17. The Morgan fingerprint density at radius 3 is 2.74 bits per heavy atom. The van der Waals surface area contributed by atoms with Crippen molar-refractivity contribution in [2.24, 2.45) is 5.92 Å². The van der Waals surface area contributed by atoms with Gasteiger partial charge in [0.05, 0.1) is 6.61 Å². The van der Waals surface area contributed by atoms with Crippen LogP contribution in [0.25, 0.3) is 0 Å². The number of hydrogen-bond donors (Lipinski definition) is 1. The van der Waals surface area contributed by atoms with Crippen LogP contribution < -0.4 is 0 Å². The molecule has 0 aliphatic carbocycles. The van der Waals surface area contributed by atoms with Crippen LogP contribution in [0.5, 0.6) is 0 Å². The van der Waals surface area contributed by atoms with Gasteiger partial charge in [-0.15, -0.1) is 0 Å². The molecular formula is C12H15ClFNO3S. The fourth-order valence-corrected chi connectivity index (χ4v) is 4.19. The molecule has 0 spiro atoms. The highest BCUT2D eigenvalue weighted by Gasteiger charge is 2.33. The minimum atomic E-state index is -3.89. The molecule has 1 N–H and O–H groups in total. The first-order valence-electron chi connectivity index (χ1n) is 5.95. The summed E-state index contributed by atoms with van der Waals surface area (Å²) in [5, 5.41) is 9.13. The van der Waals surface area contributed by atoms with E-state index in [4.69, 9.17) is 16.7 Å². The summed E-state index contributed by atoms with van der Waals surface area (Å²) in [6.07, 6.45) is 0.758. The zero-order valence-corrected chi connectivity index (χ0v) is 12.0. The maximum Gasteiger partial charge on any atom is 0.246 e. The first-order valence-corrected chi connectivity index (χ1v) is 7.77. The molecule has 1 aromatic rings. The van der Waals surface area contributed by atoms with Crippen molar-refractivity contribution in [2.45, 2.75) is 24.8 Å². The van der Waals surface area contributed by atoms with Gasteiger partial charge in [-0.1, -0.05) is 18.5 Å². The van der Waals surface area contributed by atoms with E-state index in [1.165, 1.54) is 10.4 Å². The topological polar surface area (TPSA) is 57.6 Å². The molecule has 1 atom stereocenters. The Kier molecular flexibility index (Phi) is 4.15. The number of nitrogens with zero attached hydrogens (tertiary/aromatic N) is 1. The smallest absolute Gasteiger partial charge is 0.246 e. The van der Waals surface area contributed by atoms with Gasteiger partial charge in [-0.25, -0.2) is 12.8 Å². The average molecular weight is 308 g/mol. The molecule has 0 bridgehead atoms. The summed E-state index contributed by atoms with van der Waals surface area (Å²) in [4.78, 5) is -0.460. The minimum Gasteiger partial charge on any atom is -0.392 e. The number of aliphatic hydroxyl groups excluding tert-OH is 1. The van der Waals surface area contributed by atoms with Crippen LogP contribution in [-0.4, -0.2) is 30.9 Å². The fourth-order valence-electron chi connectivity index (χ4n) is 2.17. The van der Waals surface area contributed by atoms with Gasteiger partial charge >= 0.3 is 0 Å². The van der Waals surface area contributed by atoms with E-state index < -0.39 is 27.3 Å². The summed E-state index contributed by atoms with van der Waals surface area (Å²) < 4.78 is 40.1. The molecule has 1 heterocycles. The molecule has 1 aliphatic rings. The number of sulfonamides is 1. The van der Waals surface area contributed by atoms with E-state index in [2.05, 4.69) is 0 Å². The molecule has 2 rings (SSSR count). The van der Waals surface area contributed by atoms with Gasteiger partial charge < -0.3 is 5.11 Å². The number of benzene rings is 1. The Bertz CT molecular complexity index is 591. The van der Waals surface area contributed by atoms with Crippen LogP contribution in [-0.2, 0) is 16.6 Å². The van der Waals surface area contributed by atoms with Crippen LogP contribution in [0.1, 0.15) is 18.9 Å². The molecule has 0 amide bonds. The second-order valence-electron chi connectivity index (χ2n) is 4.79. The maximum absolute atomic E-state index is 14.1. The predicted molar refractivity (Wildman–Crippen MR) is 69.9 cm³/mol. The second kappa shape index (κ2) is 5.36. The molecule has 106 valence electrons. The van der Waals surface area contributed by atoms with E-state index in [0.29, 0.717) is 13.1 Å². The summed E-state index contributed by atoms with van der Waals surface area (Å²) in [7, 11) is -3.89. The third-order valence-electron chi connectivity index (χ3n) is 3.25. The average Bonchev–Trinajstić information content (AvgIpc) is 2.79. The van der Waals surface area contributed by atoms with Crippen molar-refractivity contribution in [3.05, 3.63) is 28.5 Å². The summed E-state index contributed by atoms with van der Waals surface area (Å²) >= 11 is 5.78. The summed E-state index contributed by atoms with van der Waals surface area (Å²) in [6.45, 7) is 2.11. The van der Waals surface area contributed by atoms with Gasteiger partial charge in [0, 0.05) is 23.7 Å². The molecule has 1 fully saturated rings. The van der Waals surface area contributed by atoms with E-state index in [-0.39, 0.29) is 16.5 Å². The number of halogens is 2. The van der Waals surface area contributed by atoms with Crippen LogP contribution >= 0.6 is 11.6 Å². The first kappa shape index (κ1) is 14.7. The second-order valence-corrected chi connectivity index (χ2v) is 7.13. The van der Waals surface area contributed by atoms with E-state index in [0.717, 1.165) is 12.5 Å². The van der Waals surface area contributed by atoms with E-state index >= 15 is 0 Å². The monoisotopic (exact) mass is 307 g/mol. The van der Waals surface area contributed by atoms with Crippen molar-refractivity contribution in [3.63, 3.8) is 0 Å². The molecule has 1 saturated heterocycles. The van der Waals surface area contributed by atoms with Gasteiger partial charge in [0.15, 0.2) is 0 Å². The van der Waals surface area contributed by atoms with Gasteiger partial charge in [-0.05, 0) is 24.5 Å². The highest BCUT2D eigenvalue weighted by molar-refractivity contribution is 7.89. The van der Waals surface area contributed by atoms with Gasteiger partial charge in [0.2, 0.25) is 10.0 Å². The highest BCUT2D eigenvalue weighted by Crippen LogP contribution is 2.29. The van der Waals surface area contributed by atoms with Gasteiger partial charge in [0.25, 0.3) is 0 Å². The SMILES string of the molecule is CC1CCN(S(=O)(=O)c2cc(Cl)cc(CO)c2F)C1. The molecule has 4 nitrogen and oxygen atoms in total. The predicted octanol–water partition coefficient (Wildman–Crippen LogP) is 2.00. The summed E-state index contributed by atoms with van der Waals surface area (Å²) in [6, 6.07) is 2.32. The van der Waals surface area contributed by atoms with E-state index in [1.807, 2.05) is 6.92 Å². The highest BCUT2D eigenvalue weighted by atomic mass is 35.5. The lowest BCUT2D eigenvalue weighted by atomic mass is 10.2. The molecule has 1 unspecified atom stereocenters. The third kappa shape index (κ3) is 2.76. The minimum absolute atomic E-state index is 0.0938. The number of aliphatic hydroxyl groups is 1. The fraction of sp³-hybridized carbons (Fsp3) is 0.500. The summed E-state index contributed by atoms with van der Waals surface area (Å²) in [5.74, 6) is -0.666. The molecule has 7 heteroatoms. The molecule has 19 heavy (non-hydrogen) atoms. The maximum atomic E-state index is 14.1. The van der Waals surface area contributed by atoms with Crippen molar-refractivity contribution in [2.75, 3.05) is 13.1 Å². The molecule has 1 aromatic carbocycles. The zero-order valence-electron chi connectivity index (χ0n) is 10.4. The molecule has 0 saturated carbocycles. The Hall–Kier alpha value is -0.690. The number of rotatable bonds is 3. The van der Waals surface area contributed by atoms with Crippen molar-refractivity contribution < 1.29 is 17.9 Å². The summed E-state index contributed by atoms with van der Waals surface area (Å²) in [5.41, 5.74) is -0.113. The quantitative estimate of drug-likeness (QED) is 0.929. The largest absolute Gasteiger partial charge is 0.392 e. The number of hydrogen-bond acceptors (Lipinski definition) is 3. The van der Waals surface area contributed by atoms with E-state index in [1.54, 1.807) is 0 Å². The van der Waals surface area contributed by atoms with Crippen LogP contribution in [0, 0.1) is 11.7 Å². The zero-order chi connectivity index (χ0) is 14.2. The first-order chi connectivity index (χ1) is 8.86. The normalized spacial score (nSPS) is 20.9. The third-order valence-corrected chi connectivity index (χ3v) is 5.34. The lowest BCUT2D eigenvalue weighted by Crippen LogP contribution is -2.29. The van der Waals surface area contributed by atoms with Crippen LogP contribution in [0.4, 0.5) is 4.39 Å². The van der Waals surface area contributed by atoms with Gasteiger partial charge in [0.1, 0.15) is 10.7 Å². The Balaban J connectivity index is 2.49. The molecule has 0 radical (unpaired) electrons. The van der Waals surface area contributed by atoms with Crippen LogP contribution in [0.3, 0.4) is 0 Å². The van der Waals surface area contributed by atoms with Gasteiger partial charge in [-0.2, -0.15) is 4.31 Å². The van der Waals surface area contributed by atoms with Gasteiger partial charge in [-0.3, -0.25) is 0 Å². The standard InChI is InChI=1S/C12H15ClFNO3S/c1-8-2-3-15(6-8)19(17,18)11-5-10(13)4-9(7-16)12(11)14/h4-5,8,16H,2-3,6-7H2,1H3. The van der Waals surface area contributed by atoms with Crippen molar-refractivity contribution in [1.82, 2.24) is 4.31 Å². The lowest BCUT2D eigenvalue weighted by molar-refractivity contribution is 0.274. The Morgan fingerprint density at radius 1 is 1.53 bits per heavy atom. The van der Waals surface area contributed by atoms with Crippen LogP contribution in [0.15, 0.2) is 17.0 Å². The molecular weight excluding hydrogens is 293 g/mol. The van der Waals surface area contributed by atoms with Crippen molar-refractivity contribution in [1.29, 1.82) is 0 Å². The van der Waals surface area contributed by atoms with E-state index in [9.17, 15) is 12.8 Å². The molecule has 1 aliphatic heterocycles. The Morgan fingerprint density at radius 2 is 2.21 bits per heavy atom.